The Bertz CT molecular complexity index is 824. The second-order valence-corrected chi connectivity index (χ2v) is 6.74. The van der Waals surface area contributed by atoms with Gasteiger partial charge in [0.2, 0.25) is 5.91 Å². The van der Waals surface area contributed by atoms with Gasteiger partial charge in [-0.1, -0.05) is 22.9 Å². The minimum absolute atomic E-state index is 0.157. The molecule has 2 heterocycles. The molecule has 0 spiro atoms. The molecule has 2 amide bonds. The topological polar surface area (TPSA) is 94.1 Å². The van der Waals surface area contributed by atoms with Crippen LogP contribution in [0, 0.1) is 19.8 Å². The van der Waals surface area contributed by atoms with E-state index < -0.39 is 0 Å². The van der Waals surface area contributed by atoms with Crippen molar-refractivity contribution in [2.24, 2.45) is 11.7 Å². The zero-order valence-corrected chi connectivity index (χ0v) is 15.0. The number of piperidine rings is 1. The first kappa shape index (κ1) is 17.4. The first-order chi connectivity index (χ1) is 11.9. The lowest BCUT2D eigenvalue weighted by Gasteiger charge is -2.30. The Balaban J connectivity index is 1.80. The van der Waals surface area contributed by atoms with E-state index in [2.05, 4.69) is 10.3 Å². The van der Waals surface area contributed by atoms with Crippen LogP contribution < -0.4 is 5.73 Å². The monoisotopic (exact) mass is 361 g/mol. The third-order valence-electron chi connectivity index (χ3n) is 4.68. The molecule has 1 aliphatic heterocycles. The van der Waals surface area contributed by atoms with Gasteiger partial charge in [0, 0.05) is 24.0 Å². The van der Waals surface area contributed by atoms with Gasteiger partial charge >= 0.3 is 0 Å². The Morgan fingerprint density at radius 2 is 1.92 bits per heavy atom. The number of primary amides is 1. The second kappa shape index (κ2) is 6.84. The molecular formula is C17H20ClN5O2. The van der Waals surface area contributed by atoms with Gasteiger partial charge in [0.1, 0.15) is 0 Å². The molecule has 0 radical (unpaired) electrons. The number of carbonyl (C=O) groups is 2. The lowest BCUT2D eigenvalue weighted by Crippen LogP contribution is -2.42. The van der Waals surface area contributed by atoms with Crippen LogP contribution >= 0.6 is 11.6 Å². The Kier molecular flexibility index (Phi) is 4.76. The van der Waals surface area contributed by atoms with E-state index in [4.69, 9.17) is 17.3 Å². The normalized spacial score (nSPS) is 15.4. The minimum atomic E-state index is -0.300. The summed E-state index contributed by atoms with van der Waals surface area (Å²) in [5.41, 5.74) is 8.03. The summed E-state index contributed by atoms with van der Waals surface area (Å²) in [6.45, 7) is 4.71. The van der Waals surface area contributed by atoms with Crippen LogP contribution in [0.4, 0.5) is 0 Å². The van der Waals surface area contributed by atoms with Crippen molar-refractivity contribution in [1.82, 2.24) is 19.9 Å². The third kappa shape index (κ3) is 3.37. The molecule has 3 rings (SSSR count). The summed E-state index contributed by atoms with van der Waals surface area (Å²) in [5.74, 6) is -0.633. The van der Waals surface area contributed by atoms with Crippen LogP contribution in [0.25, 0.3) is 5.69 Å². The van der Waals surface area contributed by atoms with E-state index in [-0.39, 0.29) is 17.7 Å². The highest BCUT2D eigenvalue weighted by molar-refractivity contribution is 6.31. The second-order valence-electron chi connectivity index (χ2n) is 6.34. The van der Waals surface area contributed by atoms with Gasteiger partial charge in [-0.25, -0.2) is 4.68 Å². The molecule has 1 fully saturated rings. The van der Waals surface area contributed by atoms with Crippen molar-refractivity contribution in [2.75, 3.05) is 13.1 Å². The summed E-state index contributed by atoms with van der Waals surface area (Å²) in [6, 6.07) is 5.58. The first-order valence-corrected chi connectivity index (χ1v) is 8.53. The summed E-state index contributed by atoms with van der Waals surface area (Å²) in [7, 11) is 0. The van der Waals surface area contributed by atoms with Crippen molar-refractivity contribution in [2.45, 2.75) is 26.7 Å². The highest BCUT2D eigenvalue weighted by Gasteiger charge is 2.29. The predicted octanol–water partition coefficient (Wildman–Crippen LogP) is 1.88. The highest BCUT2D eigenvalue weighted by atomic mass is 35.5. The summed E-state index contributed by atoms with van der Waals surface area (Å²) >= 11 is 6.17. The Morgan fingerprint density at radius 3 is 2.52 bits per heavy atom. The van der Waals surface area contributed by atoms with Crippen molar-refractivity contribution in [3.63, 3.8) is 0 Å². The number of carbonyl (C=O) groups excluding carboxylic acids is 2. The molecule has 0 aliphatic carbocycles. The molecule has 0 atom stereocenters. The smallest absolute Gasteiger partial charge is 0.276 e. The van der Waals surface area contributed by atoms with E-state index in [1.165, 1.54) is 0 Å². The van der Waals surface area contributed by atoms with Crippen LogP contribution in [0.2, 0.25) is 5.02 Å². The largest absolute Gasteiger partial charge is 0.369 e. The fourth-order valence-corrected chi connectivity index (χ4v) is 3.18. The number of hydrogen-bond acceptors (Lipinski definition) is 4. The number of nitrogens with zero attached hydrogens (tertiary/aromatic N) is 4. The van der Waals surface area contributed by atoms with Gasteiger partial charge in [-0.2, -0.15) is 0 Å². The minimum Gasteiger partial charge on any atom is -0.369 e. The van der Waals surface area contributed by atoms with Crippen molar-refractivity contribution in [1.29, 1.82) is 0 Å². The van der Waals surface area contributed by atoms with Crippen LogP contribution in [0.15, 0.2) is 18.2 Å². The fourth-order valence-electron chi connectivity index (χ4n) is 3.00. The van der Waals surface area contributed by atoms with Crippen LogP contribution in [0.3, 0.4) is 0 Å². The van der Waals surface area contributed by atoms with Crippen LogP contribution in [0.5, 0.6) is 0 Å². The third-order valence-corrected chi connectivity index (χ3v) is 5.09. The summed E-state index contributed by atoms with van der Waals surface area (Å²) < 4.78 is 1.61. The predicted molar refractivity (Wildman–Crippen MR) is 93.7 cm³/mol. The highest BCUT2D eigenvalue weighted by Crippen LogP contribution is 2.22. The molecule has 0 bridgehead atoms. The Hall–Kier alpha value is -2.41. The Labute approximate surface area is 150 Å². The van der Waals surface area contributed by atoms with Gasteiger partial charge < -0.3 is 10.6 Å². The van der Waals surface area contributed by atoms with E-state index in [0.29, 0.717) is 42.3 Å². The molecule has 1 aromatic heterocycles. The van der Waals surface area contributed by atoms with Crippen molar-refractivity contribution >= 4 is 23.4 Å². The van der Waals surface area contributed by atoms with E-state index >= 15 is 0 Å². The van der Waals surface area contributed by atoms with E-state index in [0.717, 1.165) is 11.3 Å². The fraction of sp³-hybridized carbons (Fsp3) is 0.412. The zero-order chi connectivity index (χ0) is 18.1. The van der Waals surface area contributed by atoms with Crippen molar-refractivity contribution < 1.29 is 9.59 Å². The van der Waals surface area contributed by atoms with Gasteiger partial charge in [0.25, 0.3) is 5.91 Å². The molecular weight excluding hydrogens is 342 g/mol. The van der Waals surface area contributed by atoms with Crippen LogP contribution in [-0.2, 0) is 4.79 Å². The molecule has 8 heteroatoms. The maximum atomic E-state index is 12.7. The van der Waals surface area contributed by atoms with Gasteiger partial charge in [0.05, 0.1) is 11.4 Å². The summed E-state index contributed by atoms with van der Waals surface area (Å²) in [4.78, 5) is 25.7. The first-order valence-electron chi connectivity index (χ1n) is 8.16. The molecule has 1 aliphatic rings. The maximum Gasteiger partial charge on any atom is 0.276 e. The molecule has 0 unspecified atom stereocenters. The van der Waals surface area contributed by atoms with Gasteiger partial charge in [-0.05, 0) is 44.4 Å². The van der Waals surface area contributed by atoms with Crippen LogP contribution in [0.1, 0.15) is 34.6 Å². The molecule has 2 N–H and O–H groups in total. The van der Waals surface area contributed by atoms with Gasteiger partial charge in [0.15, 0.2) is 5.69 Å². The number of benzene rings is 1. The number of likely N-dealkylation sites (tertiary alicyclic amines) is 1. The average Bonchev–Trinajstić information content (AvgIpc) is 2.98. The lowest BCUT2D eigenvalue weighted by atomic mass is 9.96. The summed E-state index contributed by atoms with van der Waals surface area (Å²) in [5, 5.41) is 8.80. The quantitative estimate of drug-likeness (QED) is 0.902. The standard InChI is InChI=1S/C17H20ClN5O2/c1-10-3-4-13(9-14(10)18)23-11(2)15(20-21-23)17(25)22-7-5-12(6-8-22)16(19)24/h3-4,9,12H,5-8H2,1-2H3,(H2,19,24). The molecule has 25 heavy (non-hydrogen) atoms. The van der Waals surface area contributed by atoms with E-state index in [1.807, 2.05) is 19.1 Å². The lowest BCUT2D eigenvalue weighted by molar-refractivity contribution is -0.123. The van der Waals surface area contributed by atoms with E-state index in [9.17, 15) is 9.59 Å². The number of hydrogen-bond donors (Lipinski definition) is 1. The molecule has 1 saturated heterocycles. The molecule has 7 nitrogen and oxygen atoms in total. The van der Waals surface area contributed by atoms with E-state index in [1.54, 1.807) is 22.6 Å². The molecule has 0 saturated carbocycles. The van der Waals surface area contributed by atoms with Crippen molar-refractivity contribution in [3.05, 3.63) is 40.2 Å². The number of amides is 2. The average molecular weight is 362 g/mol. The number of aryl methyl sites for hydroxylation is 1. The molecule has 1 aromatic carbocycles. The summed E-state index contributed by atoms with van der Waals surface area (Å²) in [6.07, 6.45) is 1.17. The van der Waals surface area contributed by atoms with Gasteiger partial charge in [-0.15, -0.1) is 5.10 Å². The number of rotatable bonds is 3. The van der Waals surface area contributed by atoms with Crippen LogP contribution in [-0.4, -0.2) is 44.8 Å². The van der Waals surface area contributed by atoms with Crippen molar-refractivity contribution in [3.8, 4) is 5.69 Å². The molecule has 2 aromatic rings. The number of halogens is 1. The van der Waals surface area contributed by atoms with Gasteiger partial charge in [-0.3, -0.25) is 9.59 Å². The zero-order valence-electron chi connectivity index (χ0n) is 14.2. The Morgan fingerprint density at radius 1 is 1.24 bits per heavy atom. The SMILES string of the molecule is Cc1ccc(-n2nnc(C(=O)N3CCC(C(N)=O)CC3)c2C)cc1Cl. The number of aromatic nitrogens is 3. The molecule has 132 valence electrons. The number of nitrogens with two attached hydrogens (primary N) is 1. The maximum absolute atomic E-state index is 12.7.